The van der Waals surface area contributed by atoms with Gasteiger partial charge in [0.25, 0.3) is 5.91 Å². The summed E-state index contributed by atoms with van der Waals surface area (Å²) in [5, 5.41) is 4.39. The normalized spacial score (nSPS) is 16.2. The van der Waals surface area contributed by atoms with E-state index >= 15 is 0 Å². The summed E-state index contributed by atoms with van der Waals surface area (Å²) in [6.45, 7) is 0.913. The second-order valence-corrected chi connectivity index (χ2v) is 11.3. The molecular weight excluding hydrogens is 614 g/mol. The molecule has 0 fully saturated rings. The van der Waals surface area contributed by atoms with Gasteiger partial charge < -0.3 is 20.4 Å². The number of aromatic nitrogens is 3. The Morgan fingerprint density at radius 3 is 2.64 bits per heavy atom. The van der Waals surface area contributed by atoms with Crippen molar-refractivity contribution in [1.29, 1.82) is 0 Å². The number of carbonyl (C=O) groups excluding carboxylic acids is 2. The number of nitrogens with one attached hydrogen (secondary N) is 2. The molecular formula is C36H34ClN7O3. The van der Waals surface area contributed by atoms with Crippen LogP contribution in [0.5, 0.6) is 5.75 Å². The van der Waals surface area contributed by atoms with E-state index in [9.17, 15) is 9.59 Å². The SMILES string of the molecule is COc1ccc(C2=CC=CC(N3CNCc4cnc(N(C(=O)[C@@H](N)Cc5c[nH]c6ccccc56)c5ccccc5)nc43)C2=O)cc1.Cl. The highest BCUT2D eigenvalue weighted by Gasteiger charge is 2.34. The number of rotatable bonds is 8. The monoisotopic (exact) mass is 647 g/mol. The van der Waals surface area contributed by atoms with E-state index in [0.29, 0.717) is 36.7 Å². The van der Waals surface area contributed by atoms with Gasteiger partial charge in [-0.3, -0.25) is 14.9 Å². The van der Waals surface area contributed by atoms with Crippen LogP contribution in [-0.2, 0) is 22.6 Å². The molecule has 238 valence electrons. The summed E-state index contributed by atoms with van der Waals surface area (Å²) in [7, 11) is 1.61. The van der Waals surface area contributed by atoms with Crippen molar-refractivity contribution in [2.45, 2.75) is 25.0 Å². The van der Waals surface area contributed by atoms with E-state index in [0.717, 1.165) is 33.3 Å². The third-order valence-electron chi connectivity index (χ3n) is 8.39. The fraction of sp³-hybridized carbons (Fsp3) is 0.167. The molecule has 5 aromatic rings. The predicted molar refractivity (Wildman–Crippen MR) is 186 cm³/mol. The smallest absolute Gasteiger partial charge is 0.251 e. The lowest BCUT2D eigenvalue weighted by molar-refractivity contribution is -0.119. The van der Waals surface area contributed by atoms with Gasteiger partial charge in [0, 0.05) is 41.0 Å². The van der Waals surface area contributed by atoms with Crippen LogP contribution in [0.2, 0.25) is 0 Å². The Morgan fingerprint density at radius 2 is 1.85 bits per heavy atom. The number of ether oxygens (including phenoxy) is 1. The summed E-state index contributed by atoms with van der Waals surface area (Å²) in [5.41, 5.74) is 11.4. The van der Waals surface area contributed by atoms with E-state index < -0.39 is 12.1 Å². The van der Waals surface area contributed by atoms with Gasteiger partial charge in [-0.1, -0.05) is 66.8 Å². The molecule has 2 aliphatic rings. The molecule has 0 bridgehead atoms. The first-order valence-corrected chi connectivity index (χ1v) is 15.1. The van der Waals surface area contributed by atoms with E-state index in [2.05, 4.69) is 15.3 Å². The van der Waals surface area contributed by atoms with Gasteiger partial charge in [0.15, 0.2) is 5.78 Å². The molecule has 47 heavy (non-hydrogen) atoms. The summed E-state index contributed by atoms with van der Waals surface area (Å²) < 4.78 is 5.29. The van der Waals surface area contributed by atoms with E-state index in [1.807, 2.05) is 108 Å². The first kappa shape index (κ1) is 31.7. The quantitative estimate of drug-likeness (QED) is 0.213. The lowest BCUT2D eigenvalue weighted by atomic mass is 9.92. The number of amides is 1. The zero-order valence-electron chi connectivity index (χ0n) is 25.7. The van der Waals surface area contributed by atoms with Gasteiger partial charge >= 0.3 is 0 Å². The zero-order chi connectivity index (χ0) is 31.6. The van der Waals surface area contributed by atoms with Crippen LogP contribution in [-0.4, -0.2) is 52.5 Å². The highest BCUT2D eigenvalue weighted by Crippen LogP contribution is 2.32. The summed E-state index contributed by atoms with van der Waals surface area (Å²) >= 11 is 0. The van der Waals surface area contributed by atoms with Crippen LogP contribution < -0.4 is 25.6 Å². The maximum absolute atomic E-state index is 14.2. The Morgan fingerprint density at radius 1 is 1.09 bits per heavy atom. The van der Waals surface area contributed by atoms with Crippen LogP contribution in [0.1, 0.15) is 16.7 Å². The molecule has 3 heterocycles. The number of nitrogens with two attached hydrogens (primary N) is 1. The Labute approximate surface area is 278 Å². The number of Topliss-reactive ketones (excluding diaryl/α,β-unsaturated/α-hetero) is 1. The van der Waals surface area contributed by atoms with Crippen molar-refractivity contribution in [2.75, 3.05) is 23.6 Å². The number of fused-ring (bicyclic) bond motifs is 2. The number of halogens is 1. The number of nitrogens with zero attached hydrogens (tertiary/aromatic N) is 4. The van der Waals surface area contributed by atoms with Gasteiger partial charge in [-0.2, -0.15) is 4.98 Å². The fourth-order valence-electron chi connectivity index (χ4n) is 6.04. The largest absolute Gasteiger partial charge is 0.497 e. The molecule has 0 radical (unpaired) electrons. The summed E-state index contributed by atoms with van der Waals surface area (Å²) in [6.07, 6.45) is 9.53. The molecule has 7 rings (SSSR count). The molecule has 3 aromatic carbocycles. The van der Waals surface area contributed by atoms with Gasteiger partial charge in [-0.05, 0) is 47.9 Å². The number of methoxy groups -OCH3 is 1. The molecule has 2 aromatic heterocycles. The summed E-state index contributed by atoms with van der Waals surface area (Å²) in [4.78, 5) is 44.3. The average molecular weight is 648 g/mol. The molecule has 1 aliphatic carbocycles. The third kappa shape index (κ3) is 6.14. The van der Waals surface area contributed by atoms with Crippen LogP contribution in [0, 0.1) is 0 Å². The van der Waals surface area contributed by atoms with Crippen LogP contribution in [0.15, 0.2) is 109 Å². The standard InChI is InChI=1S/C36H33N7O3.ClH/c1-46-27-16-14-23(15-17-27)29-11-7-13-32(33(29)44)42-22-38-19-25-21-40-36(41-34(25)42)43(26-8-3-2-4-9-26)35(45)30(37)18-24-20-39-31-12-6-5-10-28(24)31;/h2-17,20-21,30,32,38-39H,18-19,22,37H2,1H3;1H/t30-,32?;/m0./s1. The van der Waals surface area contributed by atoms with Crippen molar-refractivity contribution in [3.63, 3.8) is 0 Å². The van der Waals surface area contributed by atoms with E-state index in [1.165, 1.54) is 4.90 Å². The lowest BCUT2D eigenvalue weighted by Crippen LogP contribution is -2.50. The number of ketones is 1. The first-order chi connectivity index (χ1) is 22.5. The van der Waals surface area contributed by atoms with Gasteiger partial charge in [-0.15, -0.1) is 12.4 Å². The molecule has 11 heteroatoms. The lowest BCUT2D eigenvalue weighted by Gasteiger charge is -2.36. The van der Waals surface area contributed by atoms with Crippen molar-refractivity contribution in [3.05, 3.63) is 126 Å². The minimum Gasteiger partial charge on any atom is -0.497 e. The molecule has 1 unspecified atom stereocenters. The number of aromatic amines is 1. The van der Waals surface area contributed by atoms with Crippen molar-refractivity contribution < 1.29 is 14.3 Å². The first-order valence-electron chi connectivity index (χ1n) is 15.1. The average Bonchev–Trinajstić information content (AvgIpc) is 3.51. The van der Waals surface area contributed by atoms with Crippen LogP contribution >= 0.6 is 12.4 Å². The second-order valence-electron chi connectivity index (χ2n) is 11.3. The van der Waals surface area contributed by atoms with E-state index in [4.69, 9.17) is 15.5 Å². The zero-order valence-corrected chi connectivity index (χ0v) is 26.5. The Kier molecular flexibility index (Phi) is 9.17. The fourth-order valence-corrected chi connectivity index (χ4v) is 6.04. The molecule has 2 atom stereocenters. The topological polar surface area (TPSA) is 129 Å². The summed E-state index contributed by atoms with van der Waals surface area (Å²) in [6, 6.07) is 23.2. The Balaban J connectivity index is 0.00000386. The molecule has 4 N–H and O–H groups in total. The van der Waals surface area contributed by atoms with Gasteiger partial charge in [-0.25, -0.2) is 9.88 Å². The maximum Gasteiger partial charge on any atom is 0.251 e. The highest BCUT2D eigenvalue weighted by atomic mass is 35.5. The molecule has 1 aliphatic heterocycles. The van der Waals surface area contributed by atoms with Gasteiger partial charge in [0.05, 0.1) is 25.5 Å². The van der Waals surface area contributed by atoms with E-state index in [-0.39, 0.29) is 30.0 Å². The van der Waals surface area contributed by atoms with Crippen molar-refractivity contribution in [3.8, 4) is 5.75 Å². The number of anilines is 3. The Hall–Kier alpha value is -5.29. The van der Waals surface area contributed by atoms with E-state index in [1.54, 1.807) is 13.3 Å². The molecule has 10 nitrogen and oxygen atoms in total. The molecule has 0 spiro atoms. The molecule has 1 amide bonds. The van der Waals surface area contributed by atoms with Crippen LogP contribution in [0.3, 0.4) is 0 Å². The Bertz CT molecular complexity index is 1970. The number of H-pyrrole nitrogens is 1. The second kappa shape index (κ2) is 13.6. The maximum atomic E-state index is 14.2. The minimum atomic E-state index is -0.864. The van der Waals surface area contributed by atoms with Gasteiger partial charge in [0.2, 0.25) is 5.95 Å². The minimum absolute atomic E-state index is 0. The number of benzene rings is 3. The molecule has 0 saturated heterocycles. The highest BCUT2D eigenvalue weighted by molar-refractivity contribution is 6.26. The summed E-state index contributed by atoms with van der Waals surface area (Å²) in [5.74, 6) is 1.10. The number of para-hydroxylation sites is 2. The molecule has 0 saturated carbocycles. The number of carbonyl (C=O) groups is 2. The predicted octanol–water partition coefficient (Wildman–Crippen LogP) is 5.08. The van der Waals surface area contributed by atoms with Crippen molar-refractivity contribution in [2.24, 2.45) is 5.73 Å². The van der Waals surface area contributed by atoms with Crippen LogP contribution in [0.4, 0.5) is 17.5 Å². The number of hydrogen-bond donors (Lipinski definition) is 3. The number of hydrogen-bond acceptors (Lipinski definition) is 8. The van der Waals surface area contributed by atoms with Gasteiger partial charge in [0.1, 0.15) is 17.6 Å². The van der Waals surface area contributed by atoms with Crippen molar-refractivity contribution >= 4 is 58.0 Å². The third-order valence-corrected chi connectivity index (χ3v) is 8.39. The van der Waals surface area contributed by atoms with Crippen molar-refractivity contribution in [1.82, 2.24) is 20.3 Å². The van der Waals surface area contributed by atoms with Crippen LogP contribution in [0.25, 0.3) is 16.5 Å². The number of allylic oxidation sites excluding steroid dienone is 2.